The maximum Gasteiger partial charge on any atom is 0.320 e. The molecule has 110 valence electrons. The molecule has 2 fully saturated rings. The molecule has 0 aromatic rings. The Balaban J connectivity index is 1.99. The predicted octanol–water partition coefficient (Wildman–Crippen LogP) is -0.137. The molecular weight excluding hydrogens is 266 g/mol. The van der Waals surface area contributed by atoms with Crippen LogP contribution in [0.1, 0.15) is 13.3 Å². The Bertz CT molecular complexity index is 430. The second kappa shape index (κ2) is 5.66. The van der Waals surface area contributed by atoms with Crippen LogP contribution in [-0.4, -0.2) is 86.5 Å². The zero-order valence-corrected chi connectivity index (χ0v) is 12.5. The normalized spacial score (nSPS) is 27.5. The van der Waals surface area contributed by atoms with Gasteiger partial charge in [-0.3, -0.25) is 0 Å². The lowest BCUT2D eigenvalue weighted by Crippen LogP contribution is -2.54. The fraction of sp³-hybridized carbons (Fsp3) is 0.917. The third-order valence-corrected chi connectivity index (χ3v) is 5.76. The summed E-state index contributed by atoms with van der Waals surface area (Å²) in [5, 5.41) is 0. The molecule has 19 heavy (non-hydrogen) atoms. The average molecular weight is 289 g/mol. The molecule has 0 spiro atoms. The molecule has 2 aliphatic heterocycles. The van der Waals surface area contributed by atoms with Crippen LogP contribution in [0.2, 0.25) is 0 Å². The first-order chi connectivity index (χ1) is 8.93. The van der Waals surface area contributed by atoms with E-state index in [-0.39, 0.29) is 23.6 Å². The first-order valence-electron chi connectivity index (χ1n) is 6.87. The van der Waals surface area contributed by atoms with Crippen LogP contribution in [0.5, 0.6) is 0 Å². The molecule has 2 heterocycles. The van der Waals surface area contributed by atoms with Crippen molar-refractivity contribution in [1.82, 2.24) is 14.7 Å². The maximum atomic E-state index is 12.5. The molecule has 1 atom stereocenters. The zero-order valence-electron chi connectivity index (χ0n) is 11.7. The Morgan fingerprint density at radius 3 is 2.37 bits per heavy atom. The van der Waals surface area contributed by atoms with E-state index in [0.29, 0.717) is 13.0 Å². The van der Waals surface area contributed by atoms with Gasteiger partial charge in [-0.05, 0) is 20.4 Å². The van der Waals surface area contributed by atoms with Crippen LogP contribution in [0, 0.1) is 0 Å². The zero-order chi connectivity index (χ0) is 14.0. The molecule has 2 saturated heterocycles. The number of amides is 2. The first kappa shape index (κ1) is 14.6. The van der Waals surface area contributed by atoms with E-state index in [4.69, 9.17) is 0 Å². The molecule has 0 saturated carbocycles. The predicted molar refractivity (Wildman–Crippen MR) is 73.9 cm³/mol. The number of urea groups is 1. The summed E-state index contributed by atoms with van der Waals surface area (Å²) in [6, 6.07) is -0.139. The highest BCUT2D eigenvalue weighted by atomic mass is 32.2. The summed E-state index contributed by atoms with van der Waals surface area (Å²) in [6.07, 6.45) is 0.579. The van der Waals surface area contributed by atoms with Gasteiger partial charge in [-0.2, -0.15) is 0 Å². The molecule has 0 aromatic carbocycles. The van der Waals surface area contributed by atoms with Gasteiger partial charge >= 0.3 is 6.03 Å². The highest BCUT2D eigenvalue weighted by molar-refractivity contribution is 7.91. The number of likely N-dealkylation sites (N-methyl/N-ethyl adjacent to an activating group) is 1. The quantitative estimate of drug-likeness (QED) is 0.710. The number of hydrogen-bond donors (Lipinski definition) is 0. The largest absolute Gasteiger partial charge is 0.322 e. The van der Waals surface area contributed by atoms with Crippen molar-refractivity contribution in [2.45, 2.75) is 19.4 Å². The molecule has 2 aliphatic rings. The number of nitrogens with zero attached hydrogens (tertiary/aromatic N) is 3. The van der Waals surface area contributed by atoms with E-state index < -0.39 is 9.84 Å². The monoisotopic (exact) mass is 289 g/mol. The lowest BCUT2D eigenvalue weighted by molar-refractivity contribution is 0.113. The van der Waals surface area contributed by atoms with Crippen molar-refractivity contribution in [1.29, 1.82) is 0 Å². The number of piperazine rings is 1. The summed E-state index contributed by atoms with van der Waals surface area (Å²) < 4.78 is 23.1. The average Bonchev–Trinajstić information content (AvgIpc) is 2.71. The van der Waals surface area contributed by atoms with Gasteiger partial charge in [0, 0.05) is 38.8 Å². The van der Waals surface area contributed by atoms with Crippen LogP contribution in [0.25, 0.3) is 0 Å². The fourth-order valence-electron chi connectivity index (χ4n) is 2.75. The molecule has 0 aromatic heterocycles. The van der Waals surface area contributed by atoms with Gasteiger partial charge in [0.2, 0.25) is 0 Å². The third-order valence-electron chi connectivity index (χ3n) is 4.01. The number of rotatable bonds is 2. The molecule has 2 rings (SSSR count). The van der Waals surface area contributed by atoms with Crippen molar-refractivity contribution in [2.75, 3.05) is 51.3 Å². The summed E-state index contributed by atoms with van der Waals surface area (Å²) in [6.45, 7) is 5.71. The highest BCUT2D eigenvalue weighted by Gasteiger charge is 2.35. The molecule has 1 unspecified atom stereocenters. The number of carbonyl (C=O) groups is 1. The molecule has 0 radical (unpaired) electrons. The van der Waals surface area contributed by atoms with E-state index >= 15 is 0 Å². The Morgan fingerprint density at radius 1 is 1.26 bits per heavy atom. The van der Waals surface area contributed by atoms with Gasteiger partial charge in [0.25, 0.3) is 0 Å². The summed E-state index contributed by atoms with van der Waals surface area (Å²) in [5.74, 6) is 0.338. The third kappa shape index (κ3) is 3.39. The van der Waals surface area contributed by atoms with Crippen molar-refractivity contribution >= 4 is 15.9 Å². The van der Waals surface area contributed by atoms with Gasteiger partial charge in [-0.25, -0.2) is 13.2 Å². The first-order valence-corrected chi connectivity index (χ1v) is 8.69. The molecular formula is C12H23N3O3S. The summed E-state index contributed by atoms with van der Waals surface area (Å²) in [4.78, 5) is 18.2. The molecule has 0 aliphatic carbocycles. The number of sulfone groups is 1. The van der Waals surface area contributed by atoms with E-state index in [2.05, 4.69) is 4.90 Å². The van der Waals surface area contributed by atoms with E-state index in [1.165, 1.54) is 0 Å². The van der Waals surface area contributed by atoms with E-state index in [0.717, 1.165) is 26.2 Å². The van der Waals surface area contributed by atoms with E-state index in [1.807, 2.05) is 18.9 Å². The minimum absolute atomic E-state index is 0.00213. The lowest BCUT2D eigenvalue weighted by atomic mass is 10.2. The standard InChI is InChI=1S/C12H23N3O3S/c1-3-15(11-4-9-19(17,18)10-11)12(16)14-7-5-13(2)6-8-14/h11H,3-10H2,1-2H3. The van der Waals surface area contributed by atoms with Gasteiger partial charge in [-0.1, -0.05) is 0 Å². The number of carbonyl (C=O) groups excluding carboxylic acids is 1. The van der Waals surface area contributed by atoms with Gasteiger partial charge in [0.05, 0.1) is 11.5 Å². The van der Waals surface area contributed by atoms with Gasteiger partial charge in [0.1, 0.15) is 0 Å². The summed E-state index contributed by atoms with van der Waals surface area (Å²) in [5.41, 5.74) is 0. The van der Waals surface area contributed by atoms with Gasteiger partial charge in [-0.15, -0.1) is 0 Å². The van der Waals surface area contributed by atoms with Crippen LogP contribution in [-0.2, 0) is 9.84 Å². The van der Waals surface area contributed by atoms with Crippen molar-refractivity contribution in [3.63, 3.8) is 0 Å². The summed E-state index contributed by atoms with van der Waals surface area (Å²) in [7, 11) is -0.900. The van der Waals surface area contributed by atoms with Crippen LogP contribution in [0.15, 0.2) is 0 Å². The van der Waals surface area contributed by atoms with Crippen molar-refractivity contribution < 1.29 is 13.2 Å². The minimum atomic E-state index is -2.94. The van der Waals surface area contributed by atoms with E-state index in [9.17, 15) is 13.2 Å². The van der Waals surface area contributed by atoms with Gasteiger partial charge < -0.3 is 14.7 Å². The Kier molecular flexibility index (Phi) is 4.35. The molecule has 0 N–H and O–H groups in total. The van der Waals surface area contributed by atoms with Crippen LogP contribution < -0.4 is 0 Å². The lowest BCUT2D eigenvalue weighted by Gasteiger charge is -2.37. The van der Waals surface area contributed by atoms with Crippen LogP contribution in [0.3, 0.4) is 0 Å². The fourth-order valence-corrected chi connectivity index (χ4v) is 4.48. The highest BCUT2D eigenvalue weighted by Crippen LogP contribution is 2.19. The van der Waals surface area contributed by atoms with Crippen molar-refractivity contribution in [3.8, 4) is 0 Å². The number of hydrogen-bond acceptors (Lipinski definition) is 4. The van der Waals surface area contributed by atoms with Crippen molar-refractivity contribution in [3.05, 3.63) is 0 Å². The molecule has 2 amide bonds. The smallest absolute Gasteiger partial charge is 0.320 e. The second-order valence-corrected chi connectivity index (χ2v) is 7.64. The molecule has 0 bridgehead atoms. The van der Waals surface area contributed by atoms with Crippen LogP contribution in [0.4, 0.5) is 4.79 Å². The topological polar surface area (TPSA) is 60.9 Å². The SMILES string of the molecule is CCN(C(=O)N1CCN(C)CC1)C1CCS(=O)(=O)C1. The molecule has 6 nitrogen and oxygen atoms in total. The van der Waals surface area contributed by atoms with Crippen molar-refractivity contribution in [2.24, 2.45) is 0 Å². The van der Waals surface area contributed by atoms with E-state index in [1.54, 1.807) is 4.90 Å². The van der Waals surface area contributed by atoms with Gasteiger partial charge in [0.15, 0.2) is 9.84 Å². The maximum absolute atomic E-state index is 12.5. The second-order valence-electron chi connectivity index (χ2n) is 5.42. The summed E-state index contributed by atoms with van der Waals surface area (Å²) >= 11 is 0. The Hall–Kier alpha value is -0.820. The Labute approximate surface area is 115 Å². The van der Waals surface area contributed by atoms with Crippen LogP contribution >= 0.6 is 0 Å². The Morgan fingerprint density at radius 2 is 1.89 bits per heavy atom. The molecule has 7 heteroatoms. The minimum Gasteiger partial charge on any atom is -0.322 e.